The number of hydrogen-bond acceptors (Lipinski definition) is 3. The smallest absolute Gasteiger partial charge is 0.151 e. The summed E-state index contributed by atoms with van der Waals surface area (Å²) in [6.45, 7) is 1.23. The zero-order valence-corrected chi connectivity index (χ0v) is 11.3. The third-order valence-corrected chi connectivity index (χ3v) is 4.59. The first-order chi connectivity index (χ1) is 7.75. The van der Waals surface area contributed by atoms with Gasteiger partial charge in [0.15, 0.2) is 4.34 Å². The minimum Gasteiger partial charge on any atom is -0.340 e. The molecule has 0 atom stereocenters. The minimum absolute atomic E-state index is 1.13. The molecule has 0 amide bonds. The molecule has 1 aromatic carbocycles. The molecule has 0 spiro atoms. The maximum atomic E-state index is 4.60. The van der Waals surface area contributed by atoms with E-state index in [0.29, 0.717) is 0 Å². The van der Waals surface area contributed by atoms with Crippen molar-refractivity contribution in [3.8, 4) is 0 Å². The van der Waals surface area contributed by atoms with Crippen LogP contribution in [-0.4, -0.2) is 31.4 Å². The fraction of sp³-hybridized carbons (Fsp3) is 0.417. The fourth-order valence-corrected chi connectivity index (χ4v) is 3.58. The second-order valence-corrected chi connectivity index (χ2v) is 6.48. The van der Waals surface area contributed by atoms with Crippen LogP contribution in [0.15, 0.2) is 28.6 Å². The number of aromatic nitrogens is 1. The zero-order valence-electron chi connectivity index (χ0n) is 9.69. The quantitative estimate of drug-likeness (QED) is 0.648. The van der Waals surface area contributed by atoms with Crippen molar-refractivity contribution in [1.29, 1.82) is 0 Å². The van der Waals surface area contributed by atoms with Gasteiger partial charge in [0.2, 0.25) is 0 Å². The minimum atomic E-state index is 1.13. The highest BCUT2D eigenvalue weighted by Gasteiger charge is 2.03. The maximum absolute atomic E-state index is 4.60. The molecule has 2 rings (SSSR count). The maximum Gasteiger partial charge on any atom is 0.151 e. The van der Waals surface area contributed by atoms with Gasteiger partial charge < -0.3 is 4.90 Å². The Kier molecular flexibility index (Phi) is 4.21. The largest absolute Gasteiger partial charge is 0.340 e. The molecule has 1 N–H and O–H groups in total. The van der Waals surface area contributed by atoms with E-state index in [1.54, 1.807) is 11.3 Å². The molecule has 0 saturated heterocycles. The van der Waals surface area contributed by atoms with Crippen molar-refractivity contribution < 1.29 is 4.90 Å². The average Bonchev–Trinajstić information content (AvgIpc) is 2.66. The summed E-state index contributed by atoms with van der Waals surface area (Å²) in [5.41, 5.74) is 1.13. The van der Waals surface area contributed by atoms with Gasteiger partial charge in [-0.15, -0.1) is 11.3 Å². The number of benzene rings is 1. The van der Waals surface area contributed by atoms with Crippen LogP contribution in [-0.2, 0) is 0 Å². The Morgan fingerprint density at radius 3 is 2.88 bits per heavy atom. The van der Waals surface area contributed by atoms with E-state index in [9.17, 15) is 0 Å². The van der Waals surface area contributed by atoms with Crippen molar-refractivity contribution in [2.75, 3.05) is 26.4 Å². The van der Waals surface area contributed by atoms with Gasteiger partial charge in [-0.05, 0) is 12.1 Å². The molecule has 2 aromatic rings. The van der Waals surface area contributed by atoms with Crippen LogP contribution in [0.1, 0.15) is 6.42 Å². The van der Waals surface area contributed by atoms with Gasteiger partial charge in [0.1, 0.15) is 0 Å². The molecule has 0 saturated carbocycles. The van der Waals surface area contributed by atoms with Crippen LogP contribution in [0.3, 0.4) is 0 Å². The van der Waals surface area contributed by atoms with Crippen LogP contribution in [0.4, 0.5) is 0 Å². The number of nitrogens with zero attached hydrogens (tertiary/aromatic N) is 1. The highest BCUT2D eigenvalue weighted by atomic mass is 32.2. The van der Waals surface area contributed by atoms with E-state index in [-0.39, 0.29) is 0 Å². The Hall–Kier alpha value is -0.580. The van der Waals surface area contributed by atoms with Crippen molar-refractivity contribution in [3.63, 3.8) is 0 Å². The fourth-order valence-electron chi connectivity index (χ4n) is 1.50. The molecule has 0 radical (unpaired) electrons. The van der Waals surface area contributed by atoms with Gasteiger partial charge in [0, 0.05) is 12.2 Å². The third-order valence-electron chi connectivity index (χ3n) is 2.32. The number of thiazole rings is 1. The highest BCUT2D eigenvalue weighted by molar-refractivity contribution is 8.01. The molecule has 0 bridgehead atoms. The Morgan fingerprint density at radius 2 is 2.12 bits per heavy atom. The SMILES string of the molecule is C[NH+](C)CCCSc1nc2ccccc2s1. The summed E-state index contributed by atoms with van der Waals surface area (Å²) in [7, 11) is 4.39. The molecule has 0 aliphatic rings. The Bertz CT molecular complexity index is 418. The second-order valence-electron chi connectivity index (χ2n) is 4.11. The van der Waals surface area contributed by atoms with Gasteiger partial charge >= 0.3 is 0 Å². The number of nitrogens with one attached hydrogen (secondary N) is 1. The summed E-state index contributed by atoms with van der Waals surface area (Å²) in [5.74, 6) is 1.17. The number of thioether (sulfide) groups is 1. The van der Waals surface area contributed by atoms with Gasteiger partial charge in [0.05, 0.1) is 30.9 Å². The van der Waals surface area contributed by atoms with Crippen LogP contribution >= 0.6 is 23.1 Å². The molecule has 4 heteroatoms. The lowest BCUT2D eigenvalue weighted by atomic mass is 10.3. The standard InChI is InChI=1S/C12H16N2S2/c1-14(2)8-5-9-15-12-13-10-6-3-4-7-11(10)16-12/h3-4,6-7H,5,8-9H2,1-2H3/p+1. The monoisotopic (exact) mass is 253 g/mol. The highest BCUT2D eigenvalue weighted by Crippen LogP contribution is 2.29. The van der Waals surface area contributed by atoms with Crippen LogP contribution in [0.25, 0.3) is 10.2 Å². The van der Waals surface area contributed by atoms with Crippen LogP contribution in [0.5, 0.6) is 0 Å². The first-order valence-electron chi connectivity index (χ1n) is 5.53. The first kappa shape index (κ1) is 11.9. The van der Waals surface area contributed by atoms with Crippen molar-refractivity contribution in [1.82, 2.24) is 4.98 Å². The molecule has 0 unspecified atom stereocenters. The van der Waals surface area contributed by atoms with Crippen molar-refractivity contribution >= 4 is 33.3 Å². The molecule has 0 fully saturated rings. The molecule has 16 heavy (non-hydrogen) atoms. The number of rotatable bonds is 5. The summed E-state index contributed by atoms with van der Waals surface area (Å²) < 4.78 is 2.50. The first-order valence-corrected chi connectivity index (χ1v) is 7.33. The van der Waals surface area contributed by atoms with E-state index in [1.807, 2.05) is 17.8 Å². The Balaban J connectivity index is 1.89. The topological polar surface area (TPSA) is 17.3 Å². The predicted molar refractivity (Wildman–Crippen MR) is 72.6 cm³/mol. The lowest BCUT2D eigenvalue weighted by Crippen LogP contribution is -3.05. The van der Waals surface area contributed by atoms with Crippen LogP contribution < -0.4 is 4.90 Å². The van der Waals surface area contributed by atoms with Crippen molar-refractivity contribution in [3.05, 3.63) is 24.3 Å². The molecular formula is C12H17N2S2+. The van der Waals surface area contributed by atoms with E-state index in [2.05, 4.69) is 37.3 Å². The van der Waals surface area contributed by atoms with E-state index in [1.165, 1.54) is 32.7 Å². The molecule has 86 valence electrons. The zero-order chi connectivity index (χ0) is 11.4. The Morgan fingerprint density at radius 1 is 1.31 bits per heavy atom. The average molecular weight is 253 g/mol. The lowest BCUT2D eigenvalue weighted by molar-refractivity contribution is -0.858. The summed E-state index contributed by atoms with van der Waals surface area (Å²) in [6.07, 6.45) is 1.25. The van der Waals surface area contributed by atoms with Gasteiger partial charge in [-0.25, -0.2) is 4.98 Å². The molecule has 1 heterocycles. The molecular weight excluding hydrogens is 236 g/mol. The van der Waals surface area contributed by atoms with E-state index >= 15 is 0 Å². The number of quaternary nitrogens is 1. The third kappa shape index (κ3) is 3.20. The number of para-hydroxylation sites is 1. The summed E-state index contributed by atoms with van der Waals surface area (Å²) >= 11 is 3.68. The van der Waals surface area contributed by atoms with Crippen LogP contribution in [0, 0.1) is 0 Å². The van der Waals surface area contributed by atoms with Gasteiger partial charge in [-0.2, -0.15) is 0 Å². The Labute approximate surface area is 105 Å². The summed E-state index contributed by atoms with van der Waals surface area (Å²) in [4.78, 5) is 6.12. The number of fused-ring (bicyclic) bond motifs is 1. The van der Waals surface area contributed by atoms with E-state index < -0.39 is 0 Å². The molecule has 0 aliphatic carbocycles. The molecule has 2 nitrogen and oxygen atoms in total. The lowest BCUT2D eigenvalue weighted by Gasteiger charge is -2.04. The predicted octanol–water partition coefficient (Wildman–Crippen LogP) is 1.92. The summed E-state index contributed by atoms with van der Waals surface area (Å²) in [6, 6.07) is 8.34. The molecule has 0 aliphatic heterocycles. The van der Waals surface area contributed by atoms with E-state index in [0.717, 1.165) is 5.52 Å². The second kappa shape index (κ2) is 5.66. The summed E-state index contributed by atoms with van der Waals surface area (Å²) in [5, 5.41) is 0. The van der Waals surface area contributed by atoms with Gasteiger partial charge in [-0.3, -0.25) is 0 Å². The van der Waals surface area contributed by atoms with Gasteiger partial charge in [-0.1, -0.05) is 23.9 Å². The van der Waals surface area contributed by atoms with E-state index in [4.69, 9.17) is 0 Å². The number of hydrogen-bond donors (Lipinski definition) is 1. The van der Waals surface area contributed by atoms with Crippen molar-refractivity contribution in [2.24, 2.45) is 0 Å². The normalized spacial score (nSPS) is 11.4. The van der Waals surface area contributed by atoms with Gasteiger partial charge in [0.25, 0.3) is 0 Å². The van der Waals surface area contributed by atoms with Crippen molar-refractivity contribution in [2.45, 2.75) is 10.8 Å². The van der Waals surface area contributed by atoms with Crippen LogP contribution in [0.2, 0.25) is 0 Å². The molecule has 1 aromatic heterocycles.